The van der Waals surface area contributed by atoms with Crippen LogP contribution in [0.5, 0.6) is 23.0 Å². The minimum atomic E-state index is -1.61. The van der Waals surface area contributed by atoms with Gasteiger partial charge in [-0.15, -0.1) is 0 Å². The van der Waals surface area contributed by atoms with Crippen molar-refractivity contribution in [1.82, 2.24) is 0 Å². The molecule has 0 saturated carbocycles. The zero-order chi connectivity index (χ0) is 16.8. The summed E-state index contributed by atoms with van der Waals surface area (Å²) in [6, 6.07) is 1.06. The highest BCUT2D eigenvalue weighted by molar-refractivity contribution is 6.68. The average molecular weight is 358 g/mol. The Balaban J connectivity index is 0.000000690. The maximum absolute atomic E-state index is 10.8. The third-order valence-electron chi connectivity index (χ3n) is 1.72. The Morgan fingerprint density at radius 2 is 1.52 bits per heavy atom. The molecule has 0 amide bonds. The smallest absolute Gasteiger partial charge is 0.341 e. The van der Waals surface area contributed by atoms with Crippen LogP contribution >= 0.6 is 0 Å². The molecule has 0 heterocycles. The molecule has 0 aliphatic rings. The molecule has 1 aromatic rings. The van der Waals surface area contributed by atoms with E-state index in [2.05, 4.69) is 35.9 Å². The van der Waals surface area contributed by atoms with Crippen LogP contribution < -0.4 is 13.3 Å². The third kappa shape index (κ3) is 6.34. The van der Waals surface area contributed by atoms with Crippen LogP contribution in [0.4, 0.5) is 0 Å². The molecule has 21 heavy (non-hydrogen) atoms. The van der Waals surface area contributed by atoms with E-state index in [9.17, 15) is 9.90 Å². The predicted octanol–water partition coefficient (Wildman–Crippen LogP) is 0.291. The van der Waals surface area contributed by atoms with Crippen LogP contribution in [0.15, 0.2) is 6.07 Å². The Labute approximate surface area is 133 Å². The monoisotopic (exact) mass is 357 g/mol. The van der Waals surface area contributed by atoms with Gasteiger partial charge in [-0.2, -0.15) is 0 Å². The number of aromatic hydroxyl groups is 1. The number of hydrogen-bond donors (Lipinski definition) is 3. The zero-order valence-electron chi connectivity index (χ0n) is 11.6. The van der Waals surface area contributed by atoms with Gasteiger partial charge in [0.2, 0.25) is 0 Å². The number of carbonyl (C=O) groups is 1. The van der Waals surface area contributed by atoms with Gasteiger partial charge >= 0.3 is 37.4 Å². The molecule has 0 spiro atoms. The lowest BCUT2D eigenvalue weighted by molar-refractivity contribution is 0.0693. The fourth-order valence-electron chi connectivity index (χ4n) is 1.04. The lowest BCUT2D eigenvalue weighted by atomic mass is 10.1. The van der Waals surface area contributed by atoms with Gasteiger partial charge in [-0.1, -0.05) is 0 Å². The molecular formula is C10H13O7Si4. The van der Waals surface area contributed by atoms with E-state index in [0.717, 1.165) is 6.07 Å². The molecule has 0 atom stereocenters. The molecule has 0 aromatic heterocycles. The van der Waals surface area contributed by atoms with Gasteiger partial charge in [-0.3, -0.25) is 0 Å². The number of aromatic carboxylic acids is 1. The predicted molar refractivity (Wildman–Crippen MR) is 79.8 cm³/mol. The summed E-state index contributed by atoms with van der Waals surface area (Å²) in [4.78, 5) is 19.5. The van der Waals surface area contributed by atoms with E-state index in [1.807, 2.05) is 19.6 Å². The first-order valence-corrected chi connectivity index (χ1v) is 10.1. The number of hydrogen-bond acceptors (Lipinski definition) is 6. The molecule has 0 aliphatic carbocycles. The van der Waals surface area contributed by atoms with E-state index < -0.39 is 25.6 Å². The fourth-order valence-corrected chi connectivity index (χ4v) is 1.57. The molecule has 11 heteroatoms. The highest BCUT2D eigenvalue weighted by Gasteiger charge is 2.22. The van der Waals surface area contributed by atoms with E-state index in [4.69, 9.17) is 18.8 Å². The highest BCUT2D eigenvalue weighted by Crippen LogP contribution is 2.45. The Bertz CT molecular complexity index is 495. The molecule has 1 aromatic carbocycles. The van der Waals surface area contributed by atoms with E-state index in [1.165, 1.54) is 0 Å². The van der Waals surface area contributed by atoms with E-state index in [0.29, 0.717) is 0 Å². The largest absolute Gasteiger partial charge is 0.538 e. The third-order valence-corrected chi connectivity index (χ3v) is 2.35. The first-order chi connectivity index (χ1) is 9.56. The standard InChI is InChI=1S/C7H3O6Si3.C3H10OSi/c8-4-2(7(9)10)1-3(11-14)5(12-15)6(4)13-16;1-5(2,3)4/h1,8H,(H,9,10);4H,1-3H3. The summed E-state index contributed by atoms with van der Waals surface area (Å²) >= 11 is 0. The minimum Gasteiger partial charge on any atom is -0.538 e. The molecule has 0 unspecified atom stereocenters. The molecule has 0 saturated heterocycles. The number of phenols is 1. The summed E-state index contributed by atoms with van der Waals surface area (Å²) in [5.41, 5.74) is -0.394. The second-order valence-corrected chi connectivity index (χ2v) is 9.67. The number of benzene rings is 1. The van der Waals surface area contributed by atoms with Crippen LogP contribution in [0.1, 0.15) is 10.4 Å². The SMILES string of the molecule is C[Si](C)(C)O.O=C(O)c1cc(O[Si])c(O[Si])c(O[Si])c1O. The summed E-state index contributed by atoms with van der Waals surface area (Å²) in [6.07, 6.45) is 0. The Morgan fingerprint density at radius 1 is 1.10 bits per heavy atom. The van der Waals surface area contributed by atoms with Crippen LogP contribution in [0.25, 0.3) is 0 Å². The van der Waals surface area contributed by atoms with Crippen molar-refractivity contribution in [3.05, 3.63) is 11.6 Å². The van der Waals surface area contributed by atoms with Crippen molar-refractivity contribution in [2.45, 2.75) is 19.6 Å². The van der Waals surface area contributed by atoms with Crippen molar-refractivity contribution in [2.75, 3.05) is 0 Å². The quantitative estimate of drug-likeness (QED) is 0.665. The second kappa shape index (κ2) is 8.23. The Morgan fingerprint density at radius 3 is 1.81 bits per heavy atom. The van der Waals surface area contributed by atoms with Crippen LogP contribution in [0.3, 0.4) is 0 Å². The lowest BCUT2D eigenvalue weighted by Gasteiger charge is -2.15. The molecule has 0 fully saturated rings. The normalized spacial score (nSPS) is 10.2. The molecule has 111 valence electrons. The molecule has 1 rings (SSSR count). The first kappa shape index (κ1) is 19.7. The molecule has 3 N–H and O–H groups in total. The van der Waals surface area contributed by atoms with Gasteiger partial charge in [-0.25, -0.2) is 4.79 Å². The van der Waals surface area contributed by atoms with Crippen molar-refractivity contribution >= 4 is 45.7 Å². The maximum Gasteiger partial charge on any atom is 0.341 e. The Kier molecular flexibility index (Phi) is 7.73. The van der Waals surface area contributed by atoms with Gasteiger partial charge in [-0.05, 0) is 19.6 Å². The average Bonchev–Trinajstić information content (AvgIpc) is 2.35. The van der Waals surface area contributed by atoms with Gasteiger partial charge in [0.1, 0.15) is 11.3 Å². The van der Waals surface area contributed by atoms with Gasteiger partial charge in [0, 0.05) is 6.07 Å². The molecule has 0 aliphatic heterocycles. The molecule has 7 nitrogen and oxygen atoms in total. The summed E-state index contributed by atoms with van der Waals surface area (Å²) in [5.74, 6) is -2.20. The lowest BCUT2D eigenvalue weighted by Crippen LogP contribution is -2.17. The maximum atomic E-state index is 10.8. The summed E-state index contributed by atoms with van der Waals surface area (Å²) in [7, 11) is 6.51. The number of rotatable bonds is 4. The number of carboxylic acid groups (broad SMARTS) is 1. The van der Waals surface area contributed by atoms with Crippen molar-refractivity contribution in [1.29, 1.82) is 0 Å². The molecule has 0 bridgehead atoms. The first-order valence-electron chi connectivity index (χ1n) is 5.43. The van der Waals surface area contributed by atoms with E-state index in [-0.39, 0.29) is 17.2 Å². The second-order valence-electron chi connectivity index (χ2n) is 4.71. The van der Waals surface area contributed by atoms with Crippen molar-refractivity contribution in [2.24, 2.45) is 0 Å². The fraction of sp³-hybridized carbons (Fsp3) is 0.300. The van der Waals surface area contributed by atoms with Crippen LogP contribution in [0, 0.1) is 0 Å². The van der Waals surface area contributed by atoms with Crippen molar-refractivity contribution < 1.29 is 33.1 Å². The zero-order valence-corrected chi connectivity index (χ0v) is 15.6. The van der Waals surface area contributed by atoms with E-state index in [1.54, 1.807) is 0 Å². The van der Waals surface area contributed by atoms with Crippen molar-refractivity contribution in [3.8, 4) is 23.0 Å². The number of carboxylic acids is 1. The topological polar surface area (TPSA) is 105 Å². The van der Waals surface area contributed by atoms with Gasteiger partial charge in [0.25, 0.3) is 0 Å². The van der Waals surface area contributed by atoms with Crippen molar-refractivity contribution in [3.63, 3.8) is 0 Å². The van der Waals surface area contributed by atoms with Crippen LogP contribution in [-0.4, -0.2) is 60.8 Å². The van der Waals surface area contributed by atoms with Gasteiger partial charge in [0.15, 0.2) is 25.6 Å². The highest BCUT2D eigenvalue weighted by atomic mass is 28.4. The molecular weight excluding hydrogens is 344 g/mol. The molecule has 9 radical (unpaired) electrons. The minimum absolute atomic E-state index is 0.00937. The van der Waals surface area contributed by atoms with Crippen LogP contribution in [0.2, 0.25) is 19.6 Å². The Hall–Kier alpha value is -1.28. The van der Waals surface area contributed by atoms with Gasteiger partial charge < -0.3 is 28.3 Å². The van der Waals surface area contributed by atoms with E-state index >= 15 is 0 Å². The summed E-state index contributed by atoms with van der Waals surface area (Å²) in [6.45, 7) is 5.65. The summed E-state index contributed by atoms with van der Waals surface area (Å²) < 4.78 is 14.0. The van der Waals surface area contributed by atoms with Crippen LogP contribution in [-0.2, 0) is 0 Å². The van der Waals surface area contributed by atoms with Gasteiger partial charge in [0.05, 0.1) is 0 Å². The summed E-state index contributed by atoms with van der Waals surface area (Å²) in [5, 5.41) is 18.4.